The van der Waals surface area contributed by atoms with Crippen molar-refractivity contribution in [2.75, 3.05) is 34.3 Å². The number of amides is 1. The summed E-state index contributed by atoms with van der Waals surface area (Å²) in [5.74, 6) is -0.431. The lowest BCUT2D eigenvalue weighted by molar-refractivity contribution is -0.147. The van der Waals surface area contributed by atoms with Crippen molar-refractivity contribution in [3.8, 4) is 0 Å². The van der Waals surface area contributed by atoms with Crippen LogP contribution in [0.3, 0.4) is 0 Å². The van der Waals surface area contributed by atoms with Crippen LogP contribution in [0.5, 0.6) is 0 Å². The first-order valence-corrected chi connectivity index (χ1v) is 9.87. The fourth-order valence-electron chi connectivity index (χ4n) is 2.98. The fourth-order valence-corrected chi connectivity index (χ4v) is 4.17. The quantitative estimate of drug-likeness (QED) is 0.393. The van der Waals surface area contributed by atoms with Crippen molar-refractivity contribution >= 4 is 41.0 Å². The molecule has 0 aliphatic carbocycles. The van der Waals surface area contributed by atoms with Gasteiger partial charge in [-0.05, 0) is 23.6 Å². The molecule has 7 nitrogen and oxygen atoms in total. The van der Waals surface area contributed by atoms with Gasteiger partial charge in [0, 0.05) is 37.5 Å². The van der Waals surface area contributed by atoms with E-state index in [1.165, 1.54) is 30.0 Å². The number of methoxy groups -OCH3 is 1. The van der Waals surface area contributed by atoms with Gasteiger partial charge >= 0.3 is 5.97 Å². The Balaban J connectivity index is 2.30. The molecule has 1 aromatic rings. The summed E-state index contributed by atoms with van der Waals surface area (Å²) in [4.78, 5) is 38.7. The largest absolute Gasteiger partial charge is 0.468 e. The Morgan fingerprint density at radius 3 is 2.68 bits per heavy atom. The van der Waals surface area contributed by atoms with Crippen LogP contribution < -0.4 is 0 Å². The molecule has 1 aromatic carbocycles. The SMILES string of the molecule is COC(=O)[C@H](c1ccccc1Cl)N1CCC(SC(=O)N(C)C)/C(=C\OC=O)C1. The summed E-state index contributed by atoms with van der Waals surface area (Å²) < 4.78 is 9.84. The Morgan fingerprint density at radius 1 is 1.36 bits per heavy atom. The standard InChI is InChI=1S/C19H23ClN2O5S/c1-21(2)19(25)28-16-8-9-22(10-13(16)11-27-12-23)17(18(24)26-3)14-6-4-5-7-15(14)20/h4-7,11-12,16-17H,8-10H2,1-3H3/b13-11-/t16?,17-/m0/s1. The van der Waals surface area contributed by atoms with Gasteiger partial charge in [0.1, 0.15) is 6.04 Å². The molecule has 0 radical (unpaired) electrons. The summed E-state index contributed by atoms with van der Waals surface area (Å²) in [6.07, 6.45) is 1.94. The van der Waals surface area contributed by atoms with Crippen LogP contribution in [0, 0.1) is 0 Å². The van der Waals surface area contributed by atoms with Gasteiger partial charge < -0.3 is 14.4 Å². The van der Waals surface area contributed by atoms with E-state index in [1.807, 2.05) is 11.0 Å². The van der Waals surface area contributed by atoms with Crippen LogP contribution in [-0.2, 0) is 19.1 Å². The minimum Gasteiger partial charge on any atom is -0.468 e. The summed E-state index contributed by atoms with van der Waals surface area (Å²) in [5.41, 5.74) is 1.38. The Kier molecular flexibility index (Phi) is 8.35. The second-order valence-electron chi connectivity index (χ2n) is 6.40. The molecule has 1 aliphatic rings. The molecule has 0 aromatic heterocycles. The number of benzene rings is 1. The zero-order valence-corrected chi connectivity index (χ0v) is 17.5. The van der Waals surface area contributed by atoms with E-state index in [0.29, 0.717) is 36.6 Å². The van der Waals surface area contributed by atoms with E-state index in [9.17, 15) is 14.4 Å². The van der Waals surface area contributed by atoms with Crippen molar-refractivity contribution in [2.45, 2.75) is 17.7 Å². The maximum Gasteiger partial charge on any atom is 0.327 e. The van der Waals surface area contributed by atoms with Crippen LogP contribution in [-0.4, -0.2) is 67.0 Å². The van der Waals surface area contributed by atoms with E-state index in [4.69, 9.17) is 21.1 Å². The molecule has 28 heavy (non-hydrogen) atoms. The number of carbonyl (C=O) groups excluding carboxylic acids is 3. The molecule has 1 heterocycles. The average molecular weight is 427 g/mol. The maximum absolute atomic E-state index is 12.5. The molecule has 1 amide bonds. The topological polar surface area (TPSA) is 76.2 Å². The lowest BCUT2D eigenvalue weighted by atomic mass is 9.99. The van der Waals surface area contributed by atoms with Crippen LogP contribution in [0.25, 0.3) is 0 Å². The molecule has 2 rings (SSSR count). The Hall–Kier alpha value is -2.03. The minimum atomic E-state index is -0.700. The zero-order valence-electron chi connectivity index (χ0n) is 16.0. The van der Waals surface area contributed by atoms with Crippen molar-refractivity contribution in [3.63, 3.8) is 0 Å². The lowest BCUT2D eigenvalue weighted by Gasteiger charge is -2.37. The number of piperidine rings is 1. The second kappa shape index (κ2) is 10.5. The van der Waals surface area contributed by atoms with E-state index in [-0.39, 0.29) is 10.5 Å². The van der Waals surface area contributed by atoms with Crippen molar-refractivity contribution in [1.29, 1.82) is 0 Å². The monoisotopic (exact) mass is 426 g/mol. The normalized spacial score (nSPS) is 19.7. The number of likely N-dealkylation sites (tertiary alicyclic amines) is 1. The van der Waals surface area contributed by atoms with Crippen molar-refractivity contribution < 1.29 is 23.9 Å². The number of carbonyl (C=O) groups is 3. The molecule has 1 saturated heterocycles. The van der Waals surface area contributed by atoms with Crippen LogP contribution in [0.2, 0.25) is 5.02 Å². The highest BCUT2D eigenvalue weighted by molar-refractivity contribution is 8.14. The summed E-state index contributed by atoms with van der Waals surface area (Å²) >= 11 is 7.49. The Labute approximate surface area is 173 Å². The van der Waals surface area contributed by atoms with Gasteiger partial charge in [0.25, 0.3) is 11.7 Å². The highest BCUT2D eigenvalue weighted by atomic mass is 35.5. The summed E-state index contributed by atoms with van der Waals surface area (Å²) in [6.45, 7) is 1.20. The molecule has 152 valence electrons. The third-order valence-electron chi connectivity index (χ3n) is 4.35. The summed E-state index contributed by atoms with van der Waals surface area (Å²) in [7, 11) is 4.69. The van der Waals surface area contributed by atoms with Gasteiger partial charge in [-0.1, -0.05) is 41.6 Å². The molecule has 0 spiro atoms. The third kappa shape index (κ3) is 5.50. The van der Waals surface area contributed by atoms with Gasteiger partial charge in [-0.2, -0.15) is 0 Å². The molecule has 0 saturated carbocycles. The van der Waals surface area contributed by atoms with E-state index >= 15 is 0 Å². The van der Waals surface area contributed by atoms with Crippen molar-refractivity contribution in [1.82, 2.24) is 9.80 Å². The van der Waals surface area contributed by atoms with Gasteiger partial charge in [-0.15, -0.1) is 0 Å². The van der Waals surface area contributed by atoms with Crippen LogP contribution in [0.1, 0.15) is 18.0 Å². The first-order valence-electron chi connectivity index (χ1n) is 8.61. The molecule has 1 unspecified atom stereocenters. The number of hydrogen-bond donors (Lipinski definition) is 0. The van der Waals surface area contributed by atoms with E-state index in [1.54, 1.807) is 32.3 Å². The molecule has 0 bridgehead atoms. The number of halogens is 1. The second-order valence-corrected chi connectivity index (χ2v) is 7.96. The minimum absolute atomic E-state index is 0.0916. The molecule has 2 atom stereocenters. The molecule has 1 aliphatic heterocycles. The number of thioether (sulfide) groups is 1. The highest BCUT2D eigenvalue weighted by Crippen LogP contribution is 2.35. The van der Waals surface area contributed by atoms with E-state index in [0.717, 1.165) is 5.57 Å². The van der Waals surface area contributed by atoms with Crippen molar-refractivity contribution in [3.05, 3.63) is 46.7 Å². The molecule has 9 heteroatoms. The molecular formula is C19H23ClN2O5S. The number of nitrogens with zero attached hydrogens (tertiary/aromatic N) is 2. The highest BCUT2D eigenvalue weighted by Gasteiger charge is 2.36. The van der Waals surface area contributed by atoms with Gasteiger partial charge in [-0.25, -0.2) is 4.79 Å². The fraction of sp³-hybridized carbons (Fsp3) is 0.421. The first-order chi connectivity index (χ1) is 13.4. The maximum atomic E-state index is 12.5. The smallest absolute Gasteiger partial charge is 0.327 e. The lowest BCUT2D eigenvalue weighted by Crippen LogP contribution is -2.43. The Bertz CT molecular complexity index is 756. The van der Waals surface area contributed by atoms with Crippen LogP contribution in [0.15, 0.2) is 36.1 Å². The predicted octanol–water partition coefficient (Wildman–Crippen LogP) is 3.10. The van der Waals surface area contributed by atoms with E-state index in [2.05, 4.69) is 0 Å². The van der Waals surface area contributed by atoms with Gasteiger partial charge in [-0.3, -0.25) is 14.5 Å². The van der Waals surface area contributed by atoms with Crippen molar-refractivity contribution in [2.24, 2.45) is 0 Å². The number of rotatable bonds is 6. The zero-order chi connectivity index (χ0) is 20.7. The first kappa shape index (κ1) is 22.3. The van der Waals surface area contributed by atoms with Gasteiger partial charge in [0.2, 0.25) is 0 Å². The van der Waals surface area contributed by atoms with Crippen LogP contribution in [0.4, 0.5) is 4.79 Å². The van der Waals surface area contributed by atoms with E-state index < -0.39 is 12.0 Å². The van der Waals surface area contributed by atoms with Gasteiger partial charge in [0.15, 0.2) is 0 Å². The van der Waals surface area contributed by atoms with Crippen LogP contribution >= 0.6 is 23.4 Å². The summed E-state index contributed by atoms with van der Waals surface area (Å²) in [5, 5.41) is 0.216. The third-order valence-corrected chi connectivity index (χ3v) is 6.08. The molecular weight excluding hydrogens is 404 g/mol. The molecule has 1 fully saturated rings. The average Bonchev–Trinajstić information content (AvgIpc) is 2.69. The summed E-state index contributed by atoms with van der Waals surface area (Å²) in [6, 6.07) is 6.40. The predicted molar refractivity (Wildman–Crippen MR) is 108 cm³/mol. The Morgan fingerprint density at radius 2 is 2.07 bits per heavy atom. The number of ether oxygens (including phenoxy) is 2. The number of hydrogen-bond acceptors (Lipinski definition) is 7. The van der Waals surface area contributed by atoms with Gasteiger partial charge in [0.05, 0.1) is 13.4 Å². The number of esters is 1. The molecule has 0 N–H and O–H groups in total.